The predicted octanol–water partition coefficient (Wildman–Crippen LogP) is 6.03. The first-order valence-corrected chi connectivity index (χ1v) is 14.7. The Morgan fingerprint density at radius 1 is 0.951 bits per heavy atom. The minimum Gasteiger partial charge on any atom is -0.381 e. The molecule has 41 heavy (non-hydrogen) atoms. The lowest BCUT2D eigenvalue weighted by Crippen LogP contribution is -2.39. The maximum Gasteiger partial charge on any atom is 0.247 e. The summed E-state index contributed by atoms with van der Waals surface area (Å²) in [5.41, 5.74) is 7.77. The number of amides is 1. The number of carbonyl (C=O) groups is 1. The smallest absolute Gasteiger partial charge is 0.247 e. The first kappa shape index (κ1) is 25.9. The molecule has 0 bridgehead atoms. The molecule has 6 heteroatoms. The summed E-state index contributed by atoms with van der Waals surface area (Å²) in [4.78, 5) is 15.2. The molecule has 1 unspecified atom stereocenters. The second kappa shape index (κ2) is 11.1. The average molecular weight is 545 g/mol. The van der Waals surface area contributed by atoms with Gasteiger partial charge in [0.2, 0.25) is 5.91 Å². The minimum absolute atomic E-state index is 0.00157. The average Bonchev–Trinajstić information content (AvgIpc) is 3.74. The molecule has 7 rings (SSSR count). The van der Waals surface area contributed by atoms with Crippen LogP contribution in [0, 0.1) is 5.41 Å². The molecule has 3 aromatic carbocycles. The molecular formula is C35H36N4O2. The Morgan fingerprint density at radius 3 is 2.54 bits per heavy atom. The van der Waals surface area contributed by atoms with Gasteiger partial charge in [0, 0.05) is 36.6 Å². The normalized spacial score (nSPS) is 21.9. The van der Waals surface area contributed by atoms with Crippen molar-refractivity contribution in [2.75, 3.05) is 32.8 Å². The largest absolute Gasteiger partial charge is 0.381 e. The Kier molecular flexibility index (Phi) is 7.03. The van der Waals surface area contributed by atoms with Crippen molar-refractivity contribution >= 4 is 35.0 Å². The lowest BCUT2D eigenvalue weighted by Gasteiger charge is -2.38. The summed E-state index contributed by atoms with van der Waals surface area (Å²) in [6, 6.07) is 25.3. The van der Waals surface area contributed by atoms with E-state index in [4.69, 9.17) is 4.74 Å². The maximum atomic E-state index is 12.6. The third-order valence-corrected chi connectivity index (χ3v) is 9.17. The van der Waals surface area contributed by atoms with Gasteiger partial charge >= 0.3 is 0 Å². The highest BCUT2D eigenvalue weighted by Crippen LogP contribution is 2.39. The number of nitrogens with zero attached hydrogens (tertiary/aromatic N) is 2. The monoisotopic (exact) mass is 544 g/mol. The second-order valence-corrected chi connectivity index (χ2v) is 11.8. The van der Waals surface area contributed by atoms with Crippen molar-refractivity contribution in [2.45, 2.75) is 31.7 Å². The number of benzene rings is 3. The fourth-order valence-electron chi connectivity index (χ4n) is 6.57. The zero-order valence-corrected chi connectivity index (χ0v) is 23.3. The molecule has 3 aliphatic heterocycles. The van der Waals surface area contributed by atoms with Gasteiger partial charge < -0.3 is 10.1 Å². The van der Waals surface area contributed by atoms with Crippen molar-refractivity contribution in [3.05, 3.63) is 106 Å². The molecule has 3 fully saturated rings. The Hall–Kier alpha value is -4.00. The highest BCUT2D eigenvalue weighted by Gasteiger charge is 2.37. The first-order valence-electron chi connectivity index (χ1n) is 14.7. The second-order valence-electron chi connectivity index (χ2n) is 11.8. The lowest BCUT2D eigenvalue weighted by atomic mass is 9.78. The van der Waals surface area contributed by atoms with Gasteiger partial charge in [-0.25, -0.2) is 0 Å². The number of aromatic nitrogens is 2. The van der Waals surface area contributed by atoms with Crippen LogP contribution in [0.5, 0.6) is 0 Å². The summed E-state index contributed by atoms with van der Waals surface area (Å²) in [7, 11) is 0. The van der Waals surface area contributed by atoms with E-state index >= 15 is 0 Å². The lowest BCUT2D eigenvalue weighted by molar-refractivity contribution is -0.116. The summed E-state index contributed by atoms with van der Waals surface area (Å²) in [6.07, 6.45) is 9.94. The number of carbonyl (C=O) groups excluding carboxylic acids is 1. The topological polar surface area (TPSA) is 70.2 Å². The third-order valence-electron chi connectivity index (χ3n) is 9.17. The van der Waals surface area contributed by atoms with Crippen LogP contribution in [0.3, 0.4) is 0 Å². The van der Waals surface area contributed by atoms with Gasteiger partial charge in [-0.05, 0) is 84.3 Å². The summed E-state index contributed by atoms with van der Waals surface area (Å²) < 4.78 is 5.68. The summed E-state index contributed by atoms with van der Waals surface area (Å²) in [6.45, 7) is 5.87. The van der Waals surface area contributed by atoms with Crippen LogP contribution in [0.2, 0.25) is 0 Å². The van der Waals surface area contributed by atoms with Gasteiger partial charge in [0.25, 0.3) is 0 Å². The number of hydrogen-bond donors (Lipinski definition) is 2. The van der Waals surface area contributed by atoms with Gasteiger partial charge in [0.05, 0.1) is 17.8 Å². The molecule has 0 saturated carbocycles. The van der Waals surface area contributed by atoms with E-state index in [9.17, 15) is 4.79 Å². The highest BCUT2D eigenvalue weighted by molar-refractivity contribution is 6.02. The van der Waals surface area contributed by atoms with Crippen LogP contribution >= 0.6 is 0 Å². The molecule has 1 spiro atoms. The number of fused-ring (bicyclic) bond motifs is 1. The van der Waals surface area contributed by atoms with Crippen molar-refractivity contribution in [1.29, 1.82) is 0 Å². The van der Waals surface area contributed by atoms with Gasteiger partial charge in [0.15, 0.2) is 0 Å². The van der Waals surface area contributed by atoms with Crippen LogP contribution in [0.15, 0.2) is 78.4 Å². The van der Waals surface area contributed by atoms with E-state index in [1.54, 1.807) is 0 Å². The van der Waals surface area contributed by atoms with Crippen LogP contribution in [0.4, 0.5) is 0 Å². The highest BCUT2D eigenvalue weighted by atomic mass is 16.5. The molecular weight excluding hydrogens is 508 g/mol. The van der Waals surface area contributed by atoms with Crippen molar-refractivity contribution in [1.82, 2.24) is 20.4 Å². The van der Waals surface area contributed by atoms with Gasteiger partial charge in [0.1, 0.15) is 0 Å². The molecule has 1 aromatic heterocycles. The number of ether oxygens (including phenoxy) is 1. The van der Waals surface area contributed by atoms with E-state index in [2.05, 4.69) is 87.2 Å². The number of likely N-dealkylation sites (tertiary alicyclic amines) is 1. The summed E-state index contributed by atoms with van der Waals surface area (Å²) in [5, 5.41) is 11.8. The zero-order valence-electron chi connectivity index (χ0n) is 23.3. The minimum atomic E-state index is 0.00157. The molecule has 2 N–H and O–H groups in total. The van der Waals surface area contributed by atoms with Crippen LogP contribution < -0.4 is 5.32 Å². The molecule has 4 heterocycles. The fourth-order valence-corrected chi connectivity index (χ4v) is 6.57. The molecule has 3 saturated heterocycles. The molecule has 0 radical (unpaired) electrons. The Bertz CT molecular complexity index is 1590. The van der Waals surface area contributed by atoms with E-state index in [1.807, 2.05) is 24.3 Å². The van der Waals surface area contributed by atoms with E-state index in [-0.39, 0.29) is 11.8 Å². The SMILES string of the molecule is O=C1NCC(c2ccccc2)/C1=C\c1ccc2c(/C=C/c3ccc(CN4CCC5(CCOC5)CC4)cc3)n[nH]c2c1. The van der Waals surface area contributed by atoms with Crippen molar-refractivity contribution in [3.63, 3.8) is 0 Å². The predicted molar refractivity (Wildman–Crippen MR) is 164 cm³/mol. The quantitative estimate of drug-likeness (QED) is 0.291. The molecule has 208 valence electrons. The van der Waals surface area contributed by atoms with Crippen LogP contribution in [-0.2, 0) is 16.1 Å². The van der Waals surface area contributed by atoms with Gasteiger partial charge in [-0.2, -0.15) is 5.10 Å². The Balaban J connectivity index is 1.01. The van der Waals surface area contributed by atoms with Gasteiger partial charge in [-0.3, -0.25) is 14.8 Å². The number of nitrogens with one attached hydrogen (secondary N) is 2. The van der Waals surface area contributed by atoms with E-state index in [0.717, 1.165) is 71.7 Å². The Labute approximate surface area is 241 Å². The van der Waals surface area contributed by atoms with Crippen molar-refractivity contribution < 1.29 is 9.53 Å². The molecule has 4 aromatic rings. The summed E-state index contributed by atoms with van der Waals surface area (Å²) >= 11 is 0. The van der Waals surface area contributed by atoms with Crippen molar-refractivity contribution in [2.24, 2.45) is 5.41 Å². The third kappa shape index (κ3) is 5.50. The Morgan fingerprint density at radius 2 is 1.76 bits per heavy atom. The number of rotatable bonds is 6. The molecule has 1 atom stereocenters. The van der Waals surface area contributed by atoms with Crippen LogP contribution in [0.1, 0.15) is 53.1 Å². The van der Waals surface area contributed by atoms with Crippen LogP contribution in [-0.4, -0.2) is 53.9 Å². The number of H-pyrrole nitrogens is 1. The number of aromatic amines is 1. The molecule has 0 aliphatic carbocycles. The van der Waals surface area contributed by atoms with Crippen molar-refractivity contribution in [3.8, 4) is 0 Å². The molecule has 1 amide bonds. The van der Waals surface area contributed by atoms with Gasteiger partial charge in [-0.15, -0.1) is 0 Å². The van der Waals surface area contributed by atoms with Gasteiger partial charge in [-0.1, -0.05) is 66.7 Å². The molecule has 3 aliphatic rings. The number of hydrogen-bond acceptors (Lipinski definition) is 4. The standard InChI is InChI=1S/C35H36N4O2/c40-34-30(31(22-36-34)28-4-2-1-3-5-28)20-27-10-12-29-32(37-38-33(29)21-27)13-11-25-6-8-26(9-7-25)23-39-17-14-35(15-18-39)16-19-41-24-35/h1-13,20-21,31H,14-19,22-24H2,(H,36,40)(H,37,38)/b13-11+,30-20+. The first-order chi connectivity index (χ1) is 20.1. The summed E-state index contributed by atoms with van der Waals surface area (Å²) in [5.74, 6) is 0.0618. The number of piperidine rings is 1. The molecule has 6 nitrogen and oxygen atoms in total. The van der Waals surface area contributed by atoms with Crippen LogP contribution in [0.25, 0.3) is 29.1 Å². The van der Waals surface area contributed by atoms with E-state index in [1.165, 1.54) is 24.8 Å². The maximum absolute atomic E-state index is 12.6. The van der Waals surface area contributed by atoms with E-state index in [0.29, 0.717) is 12.0 Å². The van der Waals surface area contributed by atoms with E-state index < -0.39 is 0 Å². The zero-order chi connectivity index (χ0) is 27.6. The fraction of sp³-hybridized carbons (Fsp3) is 0.314.